The van der Waals surface area contributed by atoms with E-state index in [0.29, 0.717) is 0 Å². The Morgan fingerprint density at radius 2 is 2.11 bits per heavy atom. The van der Waals surface area contributed by atoms with Gasteiger partial charge in [0.05, 0.1) is 6.61 Å². The van der Waals surface area contributed by atoms with Crippen molar-refractivity contribution in [3.63, 3.8) is 0 Å². The molecule has 0 radical (unpaired) electrons. The molecule has 1 aromatic rings. The van der Waals surface area contributed by atoms with Gasteiger partial charge in [0.15, 0.2) is 4.60 Å². The van der Waals surface area contributed by atoms with Crippen molar-refractivity contribution in [3.05, 3.63) is 4.60 Å². The van der Waals surface area contributed by atoms with Gasteiger partial charge < -0.3 is 5.11 Å². The maximum absolute atomic E-state index is 12.7. The molecule has 0 spiro atoms. The lowest BCUT2D eigenvalue weighted by Gasteiger charge is -2.27. The predicted octanol–water partition coefficient (Wildman–Crippen LogP) is 0.503. The Hall–Kier alpha value is -0.510. The van der Waals surface area contributed by atoms with Crippen LogP contribution in [0.25, 0.3) is 0 Å². The van der Waals surface area contributed by atoms with Crippen LogP contribution < -0.4 is 0 Å². The summed E-state index contributed by atoms with van der Waals surface area (Å²) in [6.07, 6.45) is 3.71. The average molecular weight is 353 g/mol. The molecule has 0 unspecified atom stereocenters. The predicted molar refractivity (Wildman–Crippen MR) is 71.9 cm³/mol. The minimum Gasteiger partial charge on any atom is -0.395 e. The van der Waals surface area contributed by atoms with Crippen molar-refractivity contribution in [2.24, 2.45) is 7.05 Å². The number of nitrogens with zero attached hydrogens (tertiary/aromatic N) is 4. The van der Waals surface area contributed by atoms with E-state index in [2.05, 4.69) is 26.2 Å². The van der Waals surface area contributed by atoms with Gasteiger partial charge in [-0.1, -0.05) is 18.1 Å². The van der Waals surface area contributed by atoms with Gasteiger partial charge >= 0.3 is 0 Å². The second-order valence-electron chi connectivity index (χ2n) is 4.59. The van der Waals surface area contributed by atoms with E-state index in [-0.39, 0.29) is 28.8 Å². The lowest BCUT2D eigenvalue weighted by atomic mass is 10.2. The van der Waals surface area contributed by atoms with E-state index in [1.807, 2.05) is 0 Å². The topological polar surface area (TPSA) is 88.3 Å². The van der Waals surface area contributed by atoms with E-state index in [1.165, 1.54) is 16.0 Å². The zero-order valence-electron chi connectivity index (χ0n) is 10.7. The summed E-state index contributed by atoms with van der Waals surface area (Å²) in [6, 6.07) is -0.0426. The second kappa shape index (κ2) is 5.86. The lowest BCUT2D eigenvalue weighted by molar-refractivity contribution is 0.225. The van der Waals surface area contributed by atoms with Gasteiger partial charge in [0.25, 0.3) is 10.0 Å². The van der Waals surface area contributed by atoms with Crippen molar-refractivity contribution in [3.8, 4) is 0 Å². The van der Waals surface area contributed by atoms with E-state index in [0.717, 1.165) is 25.7 Å². The highest BCUT2D eigenvalue weighted by atomic mass is 79.9. The average Bonchev–Trinajstić information content (AvgIpc) is 2.96. The van der Waals surface area contributed by atoms with Crippen LogP contribution in [0.2, 0.25) is 0 Å². The number of aromatic nitrogens is 3. The molecule has 1 aromatic heterocycles. The summed E-state index contributed by atoms with van der Waals surface area (Å²) >= 11 is 3.12. The van der Waals surface area contributed by atoms with Crippen molar-refractivity contribution in [1.82, 2.24) is 19.3 Å². The van der Waals surface area contributed by atoms with Crippen LogP contribution in [0.5, 0.6) is 0 Å². The Bertz CT molecular complexity index is 519. The van der Waals surface area contributed by atoms with Gasteiger partial charge in [-0.3, -0.25) is 0 Å². The van der Waals surface area contributed by atoms with Crippen LogP contribution in [0.1, 0.15) is 25.7 Å². The van der Waals surface area contributed by atoms with E-state index in [9.17, 15) is 8.42 Å². The van der Waals surface area contributed by atoms with Gasteiger partial charge in [0.2, 0.25) is 5.03 Å². The number of hydrogen-bond donors (Lipinski definition) is 1. The van der Waals surface area contributed by atoms with E-state index in [1.54, 1.807) is 0 Å². The number of aliphatic hydroxyl groups excluding tert-OH is 1. The number of sulfonamides is 1. The molecule has 1 saturated carbocycles. The summed E-state index contributed by atoms with van der Waals surface area (Å²) < 4.78 is 28.2. The van der Waals surface area contributed by atoms with Crippen LogP contribution in [0, 0.1) is 0 Å². The van der Waals surface area contributed by atoms with Gasteiger partial charge in [0, 0.05) is 19.6 Å². The van der Waals surface area contributed by atoms with Crippen LogP contribution in [-0.4, -0.2) is 52.0 Å². The van der Waals surface area contributed by atoms with Crippen LogP contribution in [0.4, 0.5) is 0 Å². The number of aryl methyl sites for hydroxylation is 1. The summed E-state index contributed by atoms with van der Waals surface area (Å²) in [4.78, 5) is 0. The van der Waals surface area contributed by atoms with Gasteiger partial charge in [-0.25, -0.2) is 13.1 Å². The molecule has 0 atom stereocenters. The molecule has 1 heterocycles. The highest BCUT2D eigenvalue weighted by Crippen LogP contribution is 2.30. The maximum atomic E-state index is 12.7. The Morgan fingerprint density at radius 1 is 1.47 bits per heavy atom. The minimum absolute atomic E-state index is 0.0350. The fourth-order valence-corrected chi connectivity index (χ4v) is 5.21. The molecule has 0 aliphatic heterocycles. The van der Waals surface area contributed by atoms with Gasteiger partial charge in [-0.2, -0.15) is 4.31 Å². The van der Waals surface area contributed by atoms with Crippen molar-refractivity contribution in [2.75, 3.05) is 13.2 Å². The molecule has 1 fully saturated rings. The molecule has 1 aliphatic carbocycles. The summed E-state index contributed by atoms with van der Waals surface area (Å²) in [5.74, 6) is 0. The molecule has 9 heteroatoms. The van der Waals surface area contributed by atoms with Crippen molar-refractivity contribution < 1.29 is 13.5 Å². The van der Waals surface area contributed by atoms with Gasteiger partial charge in [-0.05, 0) is 28.8 Å². The van der Waals surface area contributed by atoms with Crippen molar-refractivity contribution in [2.45, 2.75) is 36.8 Å². The first-order valence-corrected chi connectivity index (χ1v) is 8.39. The summed E-state index contributed by atoms with van der Waals surface area (Å²) in [5.41, 5.74) is 0. The number of hydrogen-bond acceptors (Lipinski definition) is 5. The minimum atomic E-state index is -3.70. The maximum Gasteiger partial charge on any atom is 0.263 e. The largest absolute Gasteiger partial charge is 0.395 e. The van der Waals surface area contributed by atoms with E-state index >= 15 is 0 Å². The molecular weight excluding hydrogens is 336 g/mol. The smallest absolute Gasteiger partial charge is 0.263 e. The quantitative estimate of drug-likeness (QED) is 0.833. The van der Waals surface area contributed by atoms with Crippen LogP contribution in [0.3, 0.4) is 0 Å². The monoisotopic (exact) mass is 352 g/mol. The highest BCUT2D eigenvalue weighted by molar-refractivity contribution is 9.10. The summed E-state index contributed by atoms with van der Waals surface area (Å²) in [6.45, 7) is -0.0940. The van der Waals surface area contributed by atoms with Crippen LogP contribution >= 0.6 is 15.9 Å². The Balaban J connectivity index is 2.39. The number of rotatable bonds is 5. The summed E-state index contributed by atoms with van der Waals surface area (Å²) in [7, 11) is -2.16. The molecule has 19 heavy (non-hydrogen) atoms. The molecule has 7 nitrogen and oxygen atoms in total. The Kier molecular flexibility index (Phi) is 4.59. The fourth-order valence-electron chi connectivity index (χ4n) is 2.50. The molecule has 1 aliphatic rings. The molecule has 0 amide bonds. The van der Waals surface area contributed by atoms with Gasteiger partial charge in [-0.15, -0.1) is 5.10 Å². The SMILES string of the molecule is Cn1nnc(Br)c1S(=O)(=O)N(CCO)C1CCCC1. The second-order valence-corrected chi connectivity index (χ2v) is 7.14. The van der Waals surface area contributed by atoms with Crippen molar-refractivity contribution in [1.29, 1.82) is 0 Å². The number of halogens is 1. The van der Waals surface area contributed by atoms with Crippen molar-refractivity contribution >= 4 is 26.0 Å². The molecule has 2 rings (SSSR count). The third-order valence-corrected chi connectivity index (χ3v) is 6.18. The molecule has 0 bridgehead atoms. The zero-order chi connectivity index (χ0) is 14.0. The zero-order valence-corrected chi connectivity index (χ0v) is 13.1. The lowest BCUT2D eigenvalue weighted by Crippen LogP contribution is -2.41. The first-order chi connectivity index (χ1) is 8.98. The molecular formula is C10H17BrN4O3S. The van der Waals surface area contributed by atoms with Crippen LogP contribution in [0.15, 0.2) is 9.63 Å². The number of aliphatic hydroxyl groups is 1. The molecule has 108 valence electrons. The molecule has 1 N–H and O–H groups in total. The highest BCUT2D eigenvalue weighted by Gasteiger charge is 2.36. The standard InChI is InChI=1S/C10H17BrN4O3S/c1-14-10(9(11)12-13-14)19(17,18)15(6-7-16)8-4-2-3-5-8/h8,16H,2-7H2,1H3. The molecule has 0 aromatic carbocycles. The molecule has 0 saturated heterocycles. The first-order valence-electron chi connectivity index (χ1n) is 6.16. The Morgan fingerprint density at radius 3 is 2.58 bits per heavy atom. The van der Waals surface area contributed by atoms with E-state index < -0.39 is 10.0 Å². The first kappa shape index (κ1) is 14.9. The van der Waals surface area contributed by atoms with Crippen LogP contribution in [-0.2, 0) is 17.1 Å². The third kappa shape index (κ3) is 2.83. The fraction of sp³-hybridized carbons (Fsp3) is 0.800. The normalized spacial score (nSPS) is 17.5. The summed E-state index contributed by atoms with van der Waals surface area (Å²) in [5, 5.41) is 16.6. The Labute approximate surface area is 120 Å². The van der Waals surface area contributed by atoms with Gasteiger partial charge in [0.1, 0.15) is 0 Å². The third-order valence-electron chi connectivity index (χ3n) is 3.34. The van der Waals surface area contributed by atoms with E-state index in [4.69, 9.17) is 5.11 Å².